The lowest BCUT2D eigenvalue weighted by atomic mass is 10.2. The first kappa shape index (κ1) is 17.5. The average molecular weight is 343 g/mol. The van der Waals surface area contributed by atoms with E-state index in [1.54, 1.807) is 21.9 Å². The standard InChI is InChI=1S/C15H19F2N3O2S/c1-2-18-15(22)20-9-7-19(8-10-20)13(21)11-3-5-12(6-4-11)23-14(16)17/h3-6,14H,2,7-10H2,1H3,(H,18,22). The molecule has 1 heterocycles. The first-order valence-corrected chi connectivity index (χ1v) is 8.26. The van der Waals surface area contributed by atoms with Crippen molar-refractivity contribution >= 4 is 23.7 Å². The van der Waals surface area contributed by atoms with Gasteiger partial charge in [-0.15, -0.1) is 0 Å². The topological polar surface area (TPSA) is 52.7 Å². The third-order valence-corrected chi connectivity index (χ3v) is 4.23. The number of piperazine rings is 1. The number of alkyl halides is 2. The van der Waals surface area contributed by atoms with Gasteiger partial charge in [0, 0.05) is 43.2 Å². The summed E-state index contributed by atoms with van der Waals surface area (Å²) in [5.74, 6) is -2.62. The van der Waals surface area contributed by atoms with Crippen molar-refractivity contribution < 1.29 is 18.4 Å². The molecule has 126 valence electrons. The predicted molar refractivity (Wildman–Crippen MR) is 84.9 cm³/mol. The summed E-state index contributed by atoms with van der Waals surface area (Å²) in [7, 11) is 0. The van der Waals surface area contributed by atoms with Crippen LogP contribution in [-0.4, -0.2) is 60.2 Å². The van der Waals surface area contributed by atoms with Crippen molar-refractivity contribution in [2.75, 3.05) is 32.7 Å². The fourth-order valence-electron chi connectivity index (χ4n) is 2.34. The fourth-order valence-corrected chi connectivity index (χ4v) is 2.84. The molecule has 23 heavy (non-hydrogen) atoms. The average Bonchev–Trinajstić information content (AvgIpc) is 2.55. The van der Waals surface area contributed by atoms with Gasteiger partial charge in [0.05, 0.1) is 0 Å². The van der Waals surface area contributed by atoms with E-state index in [2.05, 4.69) is 5.32 Å². The lowest BCUT2D eigenvalue weighted by Gasteiger charge is -2.34. The number of nitrogens with zero attached hydrogens (tertiary/aromatic N) is 2. The second-order valence-electron chi connectivity index (χ2n) is 5.02. The number of rotatable bonds is 4. The largest absolute Gasteiger partial charge is 0.338 e. The van der Waals surface area contributed by atoms with Gasteiger partial charge in [0.2, 0.25) is 0 Å². The minimum Gasteiger partial charge on any atom is -0.338 e. The van der Waals surface area contributed by atoms with Crippen LogP contribution in [0.25, 0.3) is 0 Å². The highest BCUT2D eigenvalue weighted by Gasteiger charge is 2.24. The third kappa shape index (κ3) is 4.82. The zero-order valence-electron chi connectivity index (χ0n) is 12.8. The van der Waals surface area contributed by atoms with E-state index in [-0.39, 0.29) is 11.9 Å². The number of thioether (sulfide) groups is 1. The number of urea groups is 1. The van der Waals surface area contributed by atoms with Gasteiger partial charge in [0.25, 0.3) is 11.7 Å². The molecular weight excluding hydrogens is 324 g/mol. The van der Waals surface area contributed by atoms with Gasteiger partial charge in [-0.05, 0) is 31.2 Å². The van der Waals surface area contributed by atoms with Crippen LogP contribution in [0.2, 0.25) is 0 Å². The highest BCUT2D eigenvalue weighted by atomic mass is 32.2. The van der Waals surface area contributed by atoms with Crippen molar-refractivity contribution in [1.29, 1.82) is 0 Å². The molecule has 0 spiro atoms. The van der Waals surface area contributed by atoms with Crippen molar-refractivity contribution in [3.8, 4) is 0 Å². The summed E-state index contributed by atoms with van der Waals surface area (Å²) in [4.78, 5) is 27.9. The molecule has 0 atom stereocenters. The molecule has 3 amide bonds. The fraction of sp³-hybridized carbons (Fsp3) is 0.467. The summed E-state index contributed by atoms with van der Waals surface area (Å²) in [6, 6.07) is 6.05. The molecule has 1 aliphatic heterocycles. The molecule has 1 aliphatic rings. The Hall–Kier alpha value is -1.83. The normalized spacial score (nSPS) is 15.0. The van der Waals surface area contributed by atoms with E-state index in [1.165, 1.54) is 12.1 Å². The second-order valence-corrected chi connectivity index (χ2v) is 6.08. The zero-order chi connectivity index (χ0) is 16.8. The number of benzene rings is 1. The van der Waals surface area contributed by atoms with E-state index in [1.807, 2.05) is 6.92 Å². The summed E-state index contributed by atoms with van der Waals surface area (Å²) >= 11 is 0.453. The van der Waals surface area contributed by atoms with Crippen molar-refractivity contribution in [3.05, 3.63) is 29.8 Å². The monoisotopic (exact) mass is 343 g/mol. The maximum Gasteiger partial charge on any atom is 0.317 e. The Kier molecular flexibility index (Phi) is 6.20. The summed E-state index contributed by atoms with van der Waals surface area (Å²) in [6.45, 7) is 4.31. The maximum absolute atomic E-state index is 12.4. The molecule has 0 unspecified atom stereocenters. The Morgan fingerprint density at radius 3 is 2.22 bits per heavy atom. The van der Waals surface area contributed by atoms with E-state index in [9.17, 15) is 18.4 Å². The van der Waals surface area contributed by atoms with Gasteiger partial charge in [-0.1, -0.05) is 11.8 Å². The van der Waals surface area contributed by atoms with Crippen LogP contribution in [0.3, 0.4) is 0 Å². The molecule has 1 aromatic carbocycles. The van der Waals surface area contributed by atoms with Gasteiger partial charge in [-0.3, -0.25) is 4.79 Å². The lowest BCUT2D eigenvalue weighted by molar-refractivity contribution is 0.0665. The van der Waals surface area contributed by atoms with Crippen LogP contribution in [0, 0.1) is 0 Å². The number of carbonyl (C=O) groups excluding carboxylic acids is 2. The Morgan fingerprint density at radius 2 is 1.70 bits per heavy atom. The number of halogens is 2. The number of hydrogen-bond donors (Lipinski definition) is 1. The molecule has 1 fully saturated rings. The molecule has 1 N–H and O–H groups in total. The Morgan fingerprint density at radius 1 is 1.13 bits per heavy atom. The molecule has 2 rings (SSSR count). The van der Waals surface area contributed by atoms with Gasteiger partial charge < -0.3 is 15.1 Å². The van der Waals surface area contributed by atoms with Gasteiger partial charge >= 0.3 is 6.03 Å². The number of carbonyl (C=O) groups is 2. The van der Waals surface area contributed by atoms with Gasteiger partial charge in [0.15, 0.2) is 0 Å². The Labute approximate surface area is 138 Å². The van der Waals surface area contributed by atoms with Crippen LogP contribution in [0.15, 0.2) is 29.2 Å². The molecule has 0 radical (unpaired) electrons. The number of amides is 3. The minimum absolute atomic E-state index is 0.118. The number of nitrogens with one attached hydrogen (secondary N) is 1. The number of hydrogen-bond acceptors (Lipinski definition) is 3. The second kappa shape index (κ2) is 8.14. The molecule has 0 saturated carbocycles. The Balaban J connectivity index is 1.90. The molecule has 1 aromatic rings. The smallest absolute Gasteiger partial charge is 0.317 e. The van der Waals surface area contributed by atoms with Gasteiger partial charge in [0.1, 0.15) is 0 Å². The summed E-state index contributed by atoms with van der Waals surface area (Å²) in [5, 5.41) is 2.73. The van der Waals surface area contributed by atoms with E-state index < -0.39 is 5.76 Å². The van der Waals surface area contributed by atoms with Crippen LogP contribution in [0.1, 0.15) is 17.3 Å². The first-order chi connectivity index (χ1) is 11.0. The van der Waals surface area contributed by atoms with Crippen LogP contribution >= 0.6 is 11.8 Å². The van der Waals surface area contributed by atoms with E-state index in [0.29, 0.717) is 54.9 Å². The highest BCUT2D eigenvalue weighted by molar-refractivity contribution is 7.99. The highest BCUT2D eigenvalue weighted by Crippen LogP contribution is 2.25. The SMILES string of the molecule is CCNC(=O)N1CCN(C(=O)c2ccc(SC(F)F)cc2)CC1. The summed E-state index contributed by atoms with van der Waals surface area (Å²) < 4.78 is 24.6. The van der Waals surface area contributed by atoms with Crippen molar-refractivity contribution in [1.82, 2.24) is 15.1 Å². The van der Waals surface area contributed by atoms with Crippen LogP contribution < -0.4 is 5.32 Å². The van der Waals surface area contributed by atoms with E-state index in [4.69, 9.17) is 0 Å². The summed E-state index contributed by atoms with van der Waals surface area (Å²) in [5.41, 5.74) is 0.468. The minimum atomic E-state index is -2.47. The molecular formula is C15H19F2N3O2S. The third-order valence-electron chi connectivity index (χ3n) is 3.51. The van der Waals surface area contributed by atoms with Gasteiger partial charge in [-0.2, -0.15) is 8.78 Å². The van der Waals surface area contributed by atoms with Crippen molar-refractivity contribution in [2.24, 2.45) is 0 Å². The maximum atomic E-state index is 12.4. The quantitative estimate of drug-likeness (QED) is 0.855. The molecule has 0 aliphatic carbocycles. The van der Waals surface area contributed by atoms with Crippen LogP contribution in [0.5, 0.6) is 0 Å². The van der Waals surface area contributed by atoms with Crippen molar-refractivity contribution in [2.45, 2.75) is 17.6 Å². The van der Waals surface area contributed by atoms with E-state index in [0.717, 1.165) is 0 Å². The van der Waals surface area contributed by atoms with Crippen molar-refractivity contribution in [3.63, 3.8) is 0 Å². The molecule has 8 heteroatoms. The predicted octanol–water partition coefficient (Wildman–Crippen LogP) is 2.49. The zero-order valence-corrected chi connectivity index (χ0v) is 13.6. The summed E-state index contributed by atoms with van der Waals surface area (Å²) in [6.07, 6.45) is 0. The lowest BCUT2D eigenvalue weighted by Crippen LogP contribution is -2.53. The molecule has 1 saturated heterocycles. The molecule has 5 nitrogen and oxygen atoms in total. The molecule has 0 bridgehead atoms. The van der Waals surface area contributed by atoms with Gasteiger partial charge in [-0.25, -0.2) is 4.79 Å². The van der Waals surface area contributed by atoms with Crippen LogP contribution in [0.4, 0.5) is 13.6 Å². The van der Waals surface area contributed by atoms with Crippen LogP contribution in [-0.2, 0) is 0 Å². The van der Waals surface area contributed by atoms with E-state index >= 15 is 0 Å². The first-order valence-electron chi connectivity index (χ1n) is 7.38. The Bertz CT molecular complexity index is 546. The molecule has 0 aromatic heterocycles.